The van der Waals surface area contributed by atoms with Crippen LogP contribution in [0.15, 0.2) is 4.52 Å². The van der Waals surface area contributed by atoms with E-state index in [0.717, 1.165) is 24.1 Å². The molecule has 1 N–H and O–H groups in total. The monoisotopic (exact) mass is 373 g/mol. The van der Waals surface area contributed by atoms with Crippen molar-refractivity contribution in [2.45, 2.75) is 39.3 Å². The summed E-state index contributed by atoms with van der Waals surface area (Å²) in [6.45, 7) is 2.96. The number of fused-ring (bicyclic) bond motifs is 1. The van der Waals surface area contributed by atoms with Gasteiger partial charge in [-0.2, -0.15) is 5.10 Å². The van der Waals surface area contributed by atoms with E-state index in [9.17, 15) is 9.59 Å². The molecule has 2 aromatic heterocycles. The first-order valence-electron chi connectivity index (χ1n) is 9.08. The van der Waals surface area contributed by atoms with Gasteiger partial charge in [0.25, 0.3) is 5.91 Å². The van der Waals surface area contributed by atoms with Crippen molar-refractivity contribution in [2.75, 3.05) is 19.0 Å². The molecule has 0 atom stereocenters. The van der Waals surface area contributed by atoms with Crippen LogP contribution < -0.4 is 5.32 Å². The number of hydrogen-bond acceptors (Lipinski definition) is 6. The molecule has 1 saturated carbocycles. The fourth-order valence-corrected chi connectivity index (χ4v) is 3.45. The molecule has 1 aliphatic carbocycles. The van der Waals surface area contributed by atoms with E-state index in [2.05, 4.69) is 15.6 Å². The van der Waals surface area contributed by atoms with Gasteiger partial charge in [-0.1, -0.05) is 5.16 Å². The molecule has 2 aliphatic rings. The summed E-state index contributed by atoms with van der Waals surface area (Å²) in [4.78, 5) is 26.9. The van der Waals surface area contributed by atoms with Crippen molar-refractivity contribution in [3.63, 3.8) is 0 Å². The Morgan fingerprint density at radius 3 is 2.85 bits per heavy atom. The van der Waals surface area contributed by atoms with Gasteiger partial charge in [0, 0.05) is 44.3 Å². The van der Waals surface area contributed by atoms with E-state index in [0.29, 0.717) is 36.7 Å². The van der Waals surface area contributed by atoms with Crippen molar-refractivity contribution < 1.29 is 18.8 Å². The Hall–Kier alpha value is -2.68. The van der Waals surface area contributed by atoms with Gasteiger partial charge < -0.3 is 19.5 Å². The highest BCUT2D eigenvalue weighted by Crippen LogP contribution is 2.32. The maximum atomic E-state index is 13.0. The first-order valence-corrected chi connectivity index (χ1v) is 9.08. The molecule has 2 aromatic rings. The summed E-state index contributed by atoms with van der Waals surface area (Å²) < 4.78 is 12.1. The minimum atomic E-state index is -0.201. The molecule has 4 rings (SSSR count). The van der Waals surface area contributed by atoms with Gasteiger partial charge in [0.15, 0.2) is 11.5 Å². The van der Waals surface area contributed by atoms with Crippen LogP contribution in [-0.2, 0) is 36.2 Å². The van der Waals surface area contributed by atoms with Gasteiger partial charge >= 0.3 is 0 Å². The van der Waals surface area contributed by atoms with Crippen LogP contribution in [0.3, 0.4) is 0 Å². The van der Waals surface area contributed by atoms with Crippen LogP contribution in [-0.4, -0.2) is 45.3 Å². The van der Waals surface area contributed by atoms with E-state index in [-0.39, 0.29) is 30.0 Å². The molecule has 27 heavy (non-hydrogen) atoms. The zero-order chi connectivity index (χ0) is 19.1. The summed E-state index contributed by atoms with van der Waals surface area (Å²) in [6, 6.07) is 0. The summed E-state index contributed by atoms with van der Waals surface area (Å²) in [5.41, 5.74) is 2.88. The lowest BCUT2D eigenvalue weighted by atomic mass is 10.1. The molecule has 0 aromatic carbocycles. The SMILES string of the molecule is COCc1c(C(=O)N2CCc3c(c(NC(=O)C4CC4)nn3C)C2)noc1C. The van der Waals surface area contributed by atoms with Crippen molar-refractivity contribution in [1.29, 1.82) is 0 Å². The molecule has 9 nitrogen and oxygen atoms in total. The number of carbonyl (C=O) groups is 2. The largest absolute Gasteiger partial charge is 0.380 e. The highest BCUT2D eigenvalue weighted by atomic mass is 16.5. The van der Waals surface area contributed by atoms with Crippen molar-refractivity contribution in [3.8, 4) is 0 Å². The lowest BCUT2D eigenvalue weighted by molar-refractivity contribution is -0.117. The number of anilines is 1. The quantitative estimate of drug-likeness (QED) is 0.850. The van der Waals surface area contributed by atoms with Crippen LogP contribution >= 0.6 is 0 Å². The second-order valence-electron chi connectivity index (χ2n) is 7.14. The van der Waals surface area contributed by atoms with Gasteiger partial charge in [-0.05, 0) is 19.8 Å². The number of aryl methyl sites for hydroxylation is 2. The van der Waals surface area contributed by atoms with Gasteiger partial charge in [0.2, 0.25) is 5.91 Å². The molecule has 144 valence electrons. The molecule has 0 bridgehead atoms. The predicted molar refractivity (Wildman–Crippen MR) is 95.0 cm³/mol. The molecule has 3 heterocycles. The third-order valence-corrected chi connectivity index (χ3v) is 5.20. The second-order valence-corrected chi connectivity index (χ2v) is 7.14. The number of aromatic nitrogens is 3. The van der Waals surface area contributed by atoms with E-state index >= 15 is 0 Å². The van der Waals surface area contributed by atoms with Crippen molar-refractivity contribution in [1.82, 2.24) is 19.8 Å². The number of nitrogens with zero attached hydrogens (tertiary/aromatic N) is 4. The van der Waals surface area contributed by atoms with Crippen LogP contribution in [0, 0.1) is 12.8 Å². The molecule has 1 fully saturated rings. The lowest BCUT2D eigenvalue weighted by Crippen LogP contribution is -2.37. The zero-order valence-electron chi connectivity index (χ0n) is 15.7. The Kier molecular flexibility index (Phi) is 4.47. The maximum absolute atomic E-state index is 13.0. The number of carbonyl (C=O) groups excluding carboxylic acids is 2. The summed E-state index contributed by atoms with van der Waals surface area (Å²) in [6.07, 6.45) is 2.53. The van der Waals surface area contributed by atoms with E-state index in [1.54, 1.807) is 23.6 Å². The van der Waals surface area contributed by atoms with Crippen LogP contribution in [0.2, 0.25) is 0 Å². The number of nitrogens with one attached hydrogen (secondary N) is 1. The van der Waals surface area contributed by atoms with Gasteiger partial charge in [-0.15, -0.1) is 0 Å². The van der Waals surface area contributed by atoms with Gasteiger partial charge in [-0.25, -0.2) is 0 Å². The summed E-state index contributed by atoms with van der Waals surface area (Å²) >= 11 is 0. The maximum Gasteiger partial charge on any atom is 0.276 e. The summed E-state index contributed by atoms with van der Waals surface area (Å²) in [5, 5.41) is 11.3. The molecular formula is C18H23N5O4. The minimum absolute atomic E-state index is 0.00820. The second kappa shape index (κ2) is 6.80. The molecule has 2 amide bonds. The topological polar surface area (TPSA) is 102 Å². The van der Waals surface area contributed by atoms with E-state index < -0.39 is 0 Å². The Balaban J connectivity index is 1.57. The first kappa shape index (κ1) is 17.7. The van der Waals surface area contributed by atoms with Crippen molar-refractivity contribution in [3.05, 3.63) is 28.3 Å². The van der Waals surface area contributed by atoms with E-state index in [1.807, 2.05) is 7.05 Å². The van der Waals surface area contributed by atoms with Crippen LogP contribution in [0.4, 0.5) is 5.82 Å². The lowest BCUT2D eigenvalue weighted by Gasteiger charge is -2.27. The normalized spacial score (nSPS) is 16.3. The van der Waals surface area contributed by atoms with E-state index in [4.69, 9.17) is 9.26 Å². The standard InChI is InChI=1S/C18H23N5O4/c1-10-13(9-26-3)15(21-27-10)18(25)23-7-6-14-12(8-23)16(20-22(14)2)19-17(24)11-4-5-11/h11H,4-9H2,1-3H3,(H,19,20,24). The minimum Gasteiger partial charge on any atom is -0.380 e. The molecule has 0 radical (unpaired) electrons. The fourth-order valence-electron chi connectivity index (χ4n) is 3.45. The summed E-state index contributed by atoms with van der Waals surface area (Å²) in [7, 11) is 3.43. The van der Waals surface area contributed by atoms with Crippen molar-refractivity contribution >= 4 is 17.6 Å². The fraction of sp³-hybridized carbons (Fsp3) is 0.556. The first-order chi connectivity index (χ1) is 13.0. The zero-order valence-corrected chi connectivity index (χ0v) is 15.7. The smallest absolute Gasteiger partial charge is 0.276 e. The molecular weight excluding hydrogens is 350 g/mol. The predicted octanol–water partition coefficient (Wildman–Crippen LogP) is 1.41. The Morgan fingerprint density at radius 1 is 1.37 bits per heavy atom. The Morgan fingerprint density at radius 2 is 2.15 bits per heavy atom. The molecule has 1 aliphatic heterocycles. The highest BCUT2D eigenvalue weighted by molar-refractivity contribution is 5.95. The summed E-state index contributed by atoms with van der Waals surface area (Å²) in [5.74, 6) is 1.03. The van der Waals surface area contributed by atoms with Crippen molar-refractivity contribution in [2.24, 2.45) is 13.0 Å². The Bertz CT molecular complexity index is 896. The third kappa shape index (κ3) is 3.23. The average molecular weight is 373 g/mol. The number of ether oxygens (including phenoxy) is 1. The molecule has 0 unspecified atom stereocenters. The van der Waals surface area contributed by atoms with Crippen LogP contribution in [0.25, 0.3) is 0 Å². The number of methoxy groups -OCH3 is 1. The third-order valence-electron chi connectivity index (χ3n) is 5.20. The Labute approximate surface area is 156 Å². The number of hydrogen-bond donors (Lipinski definition) is 1. The molecule has 9 heteroatoms. The molecule has 0 spiro atoms. The van der Waals surface area contributed by atoms with Gasteiger partial charge in [-0.3, -0.25) is 14.3 Å². The van der Waals surface area contributed by atoms with E-state index in [1.165, 1.54) is 0 Å². The van der Waals surface area contributed by atoms with Crippen LogP contribution in [0.1, 0.15) is 45.9 Å². The molecule has 0 saturated heterocycles. The highest BCUT2D eigenvalue weighted by Gasteiger charge is 2.34. The number of rotatable bonds is 5. The van der Waals surface area contributed by atoms with Crippen LogP contribution in [0.5, 0.6) is 0 Å². The average Bonchev–Trinajstić information content (AvgIpc) is 3.39. The van der Waals surface area contributed by atoms with Gasteiger partial charge in [0.1, 0.15) is 5.76 Å². The number of amides is 2. The van der Waals surface area contributed by atoms with Gasteiger partial charge in [0.05, 0.1) is 18.7 Å².